The lowest BCUT2D eigenvalue weighted by Gasteiger charge is -2.05. The number of nitrogens with one attached hydrogen (secondary N) is 1. The second kappa shape index (κ2) is 6.85. The van der Waals surface area contributed by atoms with Crippen LogP contribution in [-0.4, -0.2) is 17.6 Å². The highest BCUT2D eigenvalue weighted by molar-refractivity contribution is 5.73. The highest BCUT2D eigenvalue weighted by atomic mass is 19.1. The van der Waals surface area contributed by atoms with E-state index in [1.54, 1.807) is 0 Å². The molecule has 94 valence electrons. The number of halogens is 1. The van der Waals surface area contributed by atoms with Gasteiger partial charge >= 0.3 is 0 Å². The molecule has 0 atom stereocenters. The Labute approximate surface area is 99.6 Å². The lowest BCUT2D eigenvalue weighted by Crippen LogP contribution is -2.16. The minimum Gasteiger partial charge on any atom is -0.508 e. The summed E-state index contributed by atoms with van der Waals surface area (Å²) < 4.78 is 12.9. The molecular formula is C12H17FN2O2. The number of primary amides is 1. The molecule has 0 radical (unpaired) electrons. The Hall–Kier alpha value is -1.62. The van der Waals surface area contributed by atoms with Gasteiger partial charge in [-0.15, -0.1) is 0 Å². The van der Waals surface area contributed by atoms with E-state index >= 15 is 0 Å². The van der Waals surface area contributed by atoms with Crippen molar-refractivity contribution in [2.24, 2.45) is 5.73 Å². The molecule has 0 aliphatic heterocycles. The number of phenols is 1. The van der Waals surface area contributed by atoms with Gasteiger partial charge in [0, 0.05) is 19.0 Å². The number of amides is 1. The van der Waals surface area contributed by atoms with E-state index in [9.17, 15) is 14.3 Å². The van der Waals surface area contributed by atoms with E-state index in [4.69, 9.17) is 5.73 Å². The zero-order valence-corrected chi connectivity index (χ0v) is 9.58. The van der Waals surface area contributed by atoms with Gasteiger partial charge in [-0.3, -0.25) is 4.79 Å². The fourth-order valence-electron chi connectivity index (χ4n) is 1.52. The van der Waals surface area contributed by atoms with Gasteiger partial charge in [0.25, 0.3) is 0 Å². The normalized spacial score (nSPS) is 10.4. The molecule has 4 nitrogen and oxygen atoms in total. The van der Waals surface area contributed by atoms with Gasteiger partial charge in [-0.2, -0.15) is 0 Å². The Morgan fingerprint density at radius 3 is 2.76 bits per heavy atom. The number of benzene rings is 1. The summed E-state index contributed by atoms with van der Waals surface area (Å²) in [6, 6.07) is 3.95. The Morgan fingerprint density at radius 2 is 2.12 bits per heavy atom. The second-order valence-corrected chi connectivity index (χ2v) is 3.92. The standard InChI is InChI=1S/C12H17FN2O2/c13-10-5-9(6-11(16)7-10)8-15-4-2-1-3-12(14)17/h5-7,15-16H,1-4,8H2,(H2,14,17). The van der Waals surface area contributed by atoms with Gasteiger partial charge in [0.2, 0.25) is 5.91 Å². The molecule has 0 heterocycles. The van der Waals surface area contributed by atoms with Crippen molar-refractivity contribution in [3.63, 3.8) is 0 Å². The van der Waals surface area contributed by atoms with Crippen molar-refractivity contribution in [1.82, 2.24) is 5.32 Å². The van der Waals surface area contributed by atoms with Crippen molar-refractivity contribution in [2.75, 3.05) is 6.54 Å². The number of hydrogen-bond acceptors (Lipinski definition) is 3. The average Bonchev–Trinajstić information content (AvgIpc) is 2.21. The van der Waals surface area contributed by atoms with Gasteiger partial charge in [0.05, 0.1) is 0 Å². The van der Waals surface area contributed by atoms with Gasteiger partial charge in [-0.25, -0.2) is 4.39 Å². The Bertz CT molecular complexity index is 363. The molecule has 4 N–H and O–H groups in total. The third kappa shape index (κ3) is 5.87. The predicted molar refractivity (Wildman–Crippen MR) is 62.8 cm³/mol. The molecule has 0 saturated heterocycles. The maximum atomic E-state index is 12.9. The summed E-state index contributed by atoms with van der Waals surface area (Å²) in [5, 5.41) is 12.3. The van der Waals surface area contributed by atoms with E-state index in [2.05, 4.69) is 5.32 Å². The molecule has 0 aromatic heterocycles. The minimum absolute atomic E-state index is 0.0736. The van der Waals surface area contributed by atoms with Crippen LogP contribution < -0.4 is 11.1 Å². The summed E-state index contributed by atoms with van der Waals surface area (Å²) in [6.45, 7) is 1.21. The minimum atomic E-state index is -0.449. The van der Waals surface area contributed by atoms with E-state index in [1.165, 1.54) is 12.1 Å². The van der Waals surface area contributed by atoms with Crippen molar-refractivity contribution >= 4 is 5.91 Å². The van der Waals surface area contributed by atoms with Crippen LogP contribution in [0.2, 0.25) is 0 Å². The molecule has 0 unspecified atom stereocenters. The Balaban J connectivity index is 2.20. The quantitative estimate of drug-likeness (QED) is 0.628. The SMILES string of the molecule is NC(=O)CCCCNCc1cc(O)cc(F)c1. The largest absolute Gasteiger partial charge is 0.508 e. The van der Waals surface area contributed by atoms with Gasteiger partial charge in [-0.1, -0.05) is 0 Å². The highest BCUT2D eigenvalue weighted by Gasteiger charge is 1.99. The Morgan fingerprint density at radius 1 is 1.35 bits per heavy atom. The van der Waals surface area contributed by atoms with Crippen molar-refractivity contribution in [1.29, 1.82) is 0 Å². The van der Waals surface area contributed by atoms with Crippen LogP contribution in [0.5, 0.6) is 5.75 Å². The summed E-state index contributed by atoms with van der Waals surface area (Å²) in [4.78, 5) is 10.5. The van der Waals surface area contributed by atoms with Gasteiger partial charge < -0.3 is 16.2 Å². The molecule has 0 bridgehead atoms. The summed E-state index contributed by atoms with van der Waals surface area (Å²) in [7, 11) is 0. The highest BCUT2D eigenvalue weighted by Crippen LogP contribution is 2.14. The Kier molecular flexibility index (Phi) is 5.42. The van der Waals surface area contributed by atoms with Crippen molar-refractivity contribution in [3.05, 3.63) is 29.6 Å². The third-order valence-corrected chi connectivity index (χ3v) is 2.30. The van der Waals surface area contributed by atoms with Crippen LogP contribution >= 0.6 is 0 Å². The zero-order valence-electron chi connectivity index (χ0n) is 9.58. The molecule has 0 saturated carbocycles. The van der Waals surface area contributed by atoms with Crippen molar-refractivity contribution in [2.45, 2.75) is 25.8 Å². The van der Waals surface area contributed by atoms with Crippen molar-refractivity contribution in [3.8, 4) is 5.75 Å². The number of hydrogen-bond donors (Lipinski definition) is 3. The number of carbonyl (C=O) groups is 1. The first-order chi connectivity index (χ1) is 8.08. The molecule has 17 heavy (non-hydrogen) atoms. The molecule has 0 aliphatic carbocycles. The topological polar surface area (TPSA) is 75.4 Å². The van der Waals surface area contributed by atoms with E-state index in [-0.39, 0.29) is 11.7 Å². The number of carbonyl (C=O) groups excluding carboxylic acids is 1. The monoisotopic (exact) mass is 240 g/mol. The number of phenolic OH excluding ortho intramolecular Hbond substituents is 1. The lowest BCUT2D eigenvalue weighted by molar-refractivity contribution is -0.118. The first kappa shape index (κ1) is 13.4. The summed E-state index contributed by atoms with van der Waals surface area (Å²) in [6.07, 6.45) is 1.98. The first-order valence-corrected chi connectivity index (χ1v) is 5.55. The van der Waals surface area contributed by atoms with Crippen LogP contribution in [0, 0.1) is 5.82 Å². The number of nitrogens with two attached hydrogens (primary N) is 1. The molecule has 5 heteroatoms. The van der Waals surface area contributed by atoms with E-state index in [1.807, 2.05) is 0 Å². The fourth-order valence-corrected chi connectivity index (χ4v) is 1.52. The van der Waals surface area contributed by atoms with Gasteiger partial charge in [0.15, 0.2) is 0 Å². The van der Waals surface area contributed by atoms with Gasteiger partial charge in [0.1, 0.15) is 11.6 Å². The van der Waals surface area contributed by atoms with Crippen LogP contribution in [0.15, 0.2) is 18.2 Å². The first-order valence-electron chi connectivity index (χ1n) is 5.55. The van der Waals surface area contributed by atoms with Crippen LogP contribution in [0.4, 0.5) is 4.39 Å². The summed E-state index contributed by atoms with van der Waals surface area (Å²) in [5.41, 5.74) is 5.69. The van der Waals surface area contributed by atoms with Crippen molar-refractivity contribution < 1.29 is 14.3 Å². The number of rotatable bonds is 7. The molecule has 1 aromatic carbocycles. The molecule has 1 aromatic rings. The molecule has 0 spiro atoms. The number of unbranched alkanes of at least 4 members (excludes halogenated alkanes) is 1. The van der Waals surface area contributed by atoms with Crippen LogP contribution in [0.3, 0.4) is 0 Å². The smallest absolute Gasteiger partial charge is 0.217 e. The molecule has 0 fully saturated rings. The van der Waals surface area contributed by atoms with Crippen LogP contribution in [-0.2, 0) is 11.3 Å². The average molecular weight is 240 g/mol. The predicted octanol–water partition coefficient (Wildman–Crippen LogP) is 1.28. The molecule has 1 amide bonds. The molecule has 0 aliphatic rings. The zero-order chi connectivity index (χ0) is 12.7. The molecule has 1 rings (SSSR count). The van der Waals surface area contributed by atoms with E-state index < -0.39 is 5.82 Å². The van der Waals surface area contributed by atoms with Gasteiger partial charge in [-0.05, 0) is 37.1 Å². The summed E-state index contributed by atoms with van der Waals surface area (Å²) in [5.74, 6) is -0.814. The fraction of sp³-hybridized carbons (Fsp3) is 0.417. The number of aromatic hydroxyl groups is 1. The molecular weight excluding hydrogens is 223 g/mol. The second-order valence-electron chi connectivity index (χ2n) is 3.92. The summed E-state index contributed by atoms with van der Waals surface area (Å²) >= 11 is 0. The lowest BCUT2D eigenvalue weighted by atomic mass is 10.2. The van der Waals surface area contributed by atoms with E-state index in [0.29, 0.717) is 18.5 Å². The third-order valence-electron chi connectivity index (χ3n) is 2.30. The van der Waals surface area contributed by atoms with E-state index in [0.717, 1.165) is 25.5 Å². The van der Waals surface area contributed by atoms with Crippen LogP contribution in [0.1, 0.15) is 24.8 Å². The van der Waals surface area contributed by atoms with Crippen LogP contribution in [0.25, 0.3) is 0 Å². The maximum absolute atomic E-state index is 12.9. The maximum Gasteiger partial charge on any atom is 0.217 e.